The van der Waals surface area contributed by atoms with Crippen LogP contribution in [0.25, 0.3) is 0 Å². The zero-order valence-electron chi connectivity index (χ0n) is 18.1. The van der Waals surface area contributed by atoms with Gasteiger partial charge in [0.2, 0.25) is 5.28 Å². The zero-order chi connectivity index (χ0) is 24.5. The molecule has 3 heterocycles. The minimum absolute atomic E-state index is 0.0100. The summed E-state index contributed by atoms with van der Waals surface area (Å²) in [5.41, 5.74) is -1.11. The van der Waals surface area contributed by atoms with Gasteiger partial charge in [-0.05, 0) is 36.9 Å². The van der Waals surface area contributed by atoms with E-state index in [2.05, 4.69) is 20.3 Å². The summed E-state index contributed by atoms with van der Waals surface area (Å²) in [7, 11) is 1.70. The smallest absolute Gasteiger partial charge is 0.421 e. The third-order valence-electron chi connectivity index (χ3n) is 5.97. The fourth-order valence-electron chi connectivity index (χ4n) is 4.25. The van der Waals surface area contributed by atoms with Crippen molar-refractivity contribution in [2.45, 2.75) is 31.5 Å². The average molecular weight is 503 g/mol. The van der Waals surface area contributed by atoms with Crippen LogP contribution in [0.3, 0.4) is 0 Å². The molecule has 1 N–H and O–H groups in total. The van der Waals surface area contributed by atoms with Crippen molar-refractivity contribution < 1.29 is 27.6 Å². The maximum absolute atomic E-state index is 13.1. The van der Waals surface area contributed by atoms with Gasteiger partial charge in [-0.3, -0.25) is 10.1 Å². The molecule has 0 bridgehead atoms. The summed E-state index contributed by atoms with van der Waals surface area (Å²) in [5.74, 6) is 0.000531. The summed E-state index contributed by atoms with van der Waals surface area (Å²) in [6, 6.07) is 2.93. The largest absolute Gasteiger partial charge is 0.473 e. The standard InChI is InChI=1S/C20H22ClF3N6O4/c1-33-12-7-19(8-12)10-29(11-19)15-4-3-14(30(31)32)17(27-15)34-6-2-5-25-16-13(20(22,23)24)9-26-18(21)28-16/h3-4,9,12H,2,5-8,10-11H2,1H3,(H,25,26,28). The SMILES string of the molecule is COC1CC2(C1)CN(c1ccc([N+](=O)[O-])c(OCCCNc3nc(Cl)ncc3C(F)(F)F)n1)C2. The Morgan fingerprint density at radius 1 is 1.32 bits per heavy atom. The highest BCUT2D eigenvalue weighted by Gasteiger charge is 2.53. The van der Waals surface area contributed by atoms with Crippen LogP contribution in [0.2, 0.25) is 5.28 Å². The topological polar surface area (TPSA) is 116 Å². The van der Waals surface area contributed by atoms with Crippen LogP contribution < -0.4 is 15.0 Å². The van der Waals surface area contributed by atoms with E-state index in [1.165, 1.54) is 6.07 Å². The Morgan fingerprint density at radius 2 is 2.06 bits per heavy atom. The van der Waals surface area contributed by atoms with Crippen LogP contribution in [0.4, 0.5) is 30.5 Å². The van der Waals surface area contributed by atoms with Crippen molar-refractivity contribution in [2.24, 2.45) is 5.41 Å². The van der Waals surface area contributed by atoms with E-state index >= 15 is 0 Å². The van der Waals surface area contributed by atoms with E-state index in [0.717, 1.165) is 25.9 Å². The lowest BCUT2D eigenvalue weighted by atomic mass is 9.62. The quantitative estimate of drug-likeness (QED) is 0.235. The molecule has 2 fully saturated rings. The van der Waals surface area contributed by atoms with Crippen molar-refractivity contribution in [3.63, 3.8) is 0 Å². The van der Waals surface area contributed by atoms with Crippen molar-refractivity contribution in [1.29, 1.82) is 0 Å². The number of pyridine rings is 1. The highest BCUT2D eigenvalue weighted by atomic mass is 35.5. The van der Waals surface area contributed by atoms with Crippen LogP contribution >= 0.6 is 11.6 Å². The second kappa shape index (κ2) is 9.37. The number of halogens is 4. The van der Waals surface area contributed by atoms with Gasteiger partial charge >= 0.3 is 11.9 Å². The molecule has 0 atom stereocenters. The number of anilines is 2. The number of nitrogens with one attached hydrogen (secondary N) is 1. The van der Waals surface area contributed by atoms with Gasteiger partial charge in [0.1, 0.15) is 17.2 Å². The predicted octanol–water partition coefficient (Wildman–Crippen LogP) is 3.95. The van der Waals surface area contributed by atoms with Crippen molar-refractivity contribution in [1.82, 2.24) is 15.0 Å². The van der Waals surface area contributed by atoms with E-state index in [-0.39, 0.29) is 47.9 Å². The predicted molar refractivity (Wildman–Crippen MR) is 116 cm³/mol. The Balaban J connectivity index is 1.33. The summed E-state index contributed by atoms with van der Waals surface area (Å²) >= 11 is 5.60. The minimum Gasteiger partial charge on any atom is -0.473 e. The van der Waals surface area contributed by atoms with Crippen LogP contribution in [0.5, 0.6) is 5.88 Å². The van der Waals surface area contributed by atoms with Gasteiger partial charge in [0, 0.05) is 44.4 Å². The number of ether oxygens (including phenoxy) is 2. The number of nitro groups is 1. The molecule has 1 spiro atoms. The second-order valence-electron chi connectivity index (χ2n) is 8.40. The number of methoxy groups -OCH3 is 1. The van der Waals surface area contributed by atoms with Crippen LogP contribution in [-0.4, -0.2) is 59.3 Å². The first-order chi connectivity index (χ1) is 16.1. The number of rotatable bonds is 9. The Labute approximate surface area is 197 Å². The van der Waals surface area contributed by atoms with E-state index in [4.69, 9.17) is 21.1 Å². The fraction of sp³-hybridized carbons (Fsp3) is 0.550. The first kappa shape index (κ1) is 24.2. The van der Waals surface area contributed by atoms with E-state index in [1.807, 2.05) is 4.90 Å². The fourth-order valence-corrected chi connectivity index (χ4v) is 4.38. The lowest BCUT2D eigenvalue weighted by Gasteiger charge is -2.58. The van der Waals surface area contributed by atoms with Crippen LogP contribution in [0.1, 0.15) is 24.8 Å². The van der Waals surface area contributed by atoms with Crippen molar-refractivity contribution in [3.05, 3.63) is 39.3 Å². The number of aromatic nitrogens is 3. The van der Waals surface area contributed by atoms with Crippen molar-refractivity contribution >= 4 is 28.9 Å². The molecular weight excluding hydrogens is 481 g/mol. The molecule has 0 amide bonds. The van der Waals surface area contributed by atoms with Crippen LogP contribution in [-0.2, 0) is 10.9 Å². The number of hydrogen-bond donors (Lipinski definition) is 1. The summed E-state index contributed by atoms with van der Waals surface area (Å²) in [6.07, 6.45) is -1.56. The summed E-state index contributed by atoms with van der Waals surface area (Å²) in [6.45, 7) is 1.64. The minimum atomic E-state index is -4.65. The molecule has 14 heteroatoms. The van der Waals surface area contributed by atoms with Gasteiger partial charge in [-0.2, -0.15) is 18.2 Å². The van der Waals surface area contributed by atoms with Crippen LogP contribution in [0.15, 0.2) is 18.3 Å². The van der Waals surface area contributed by atoms with E-state index < -0.39 is 22.5 Å². The molecule has 1 aliphatic heterocycles. The van der Waals surface area contributed by atoms with Crippen molar-refractivity contribution in [2.75, 3.05) is 43.6 Å². The molecule has 0 aromatic carbocycles. The Bertz CT molecular complexity index is 1060. The van der Waals surface area contributed by atoms with Gasteiger partial charge in [0.25, 0.3) is 5.88 Å². The number of alkyl halides is 3. The van der Waals surface area contributed by atoms with Gasteiger partial charge in [-0.15, -0.1) is 0 Å². The summed E-state index contributed by atoms with van der Waals surface area (Å²) < 4.78 is 50.1. The summed E-state index contributed by atoms with van der Waals surface area (Å²) in [4.78, 5) is 24.1. The first-order valence-electron chi connectivity index (χ1n) is 10.5. The zero-order valence-corrected chi connectivity index (χ0v) is 18.9. The van der Waals surface area contributed by atoms with Gasteiger partial charge in [-0.1, -0.05) is 0 Å². The number of hydrogen-bond acceptors (Lipinski definition) is 9. The van der Waals surface area contributed by atoms with Gasteiger partial charge in [0.15, 0.2) is 0 Å². The van der Waals surface area contributed by atoms with Gasteiger partial charge in [0.05, 0.1) is 17.6 Å². The Morgan fingerprint density at radius 3 is 2.71 bits per heavy atom. The molecule has 10 nitrogen and oxygen atoms in total. The van der Waals surface area contributed by atoms with E-state index in [0.29, 0.717) is 12.0 Å². The third kappa shape index (κ3) is 5.09. The Hall–Kier alpha value is -2.93. The summed E-state index contributed by atoms with van der Waals surface area (Å²) in [5, 5.41) is 13.6. The van der Waals surface area contributed by atoms with Crippen molar-refractivity contribution in [3.8, 4) is 5.88 Å². The average Bonchev–Trinajstić information content (AvgIpc) is 2.71. The molecule has 2 aliphatic rings. The lowest BCUT2D eigenvalue weighted by Crippen LogP contribution is -2.64. The Kier molecular flexibility index (Phi) is 6.67. The molecule has 4 rings (SSSR count). The molecule has 1 aliphatic carbocycles. The molecule has 0 unspecified atom stereocenters. The van der Waals surface area contributed by atoms with Crippen LogP contribution in [0, 0.1) is 15.5 Å². The van der Waals surface area contributed by atoms with E-state index in [9.17, 15) is 23.3 Å². The van der Waals surface area contributed by atoms with E-state index in [1.54, 1.807) is 13.2 Å². The molecule has 2 aromatic rings. The highest BCUT2D eigenvalue weighted by Crippen LogP contribution is 2.50. The molecule has 184 valence electrons. The molecule has 34 heavy (non-hydrogen) atoms. The van der Waals surface area contributed by atoms with Gasteiger partial charge in [-0.25, -0.2) is 9.97 Å². The molecule has 2 aromatic heterocycles. The highest BCUT2D eigenvalue weighted by molar-refractivity contribution is 6.28. The maximum Gasteiger partial charge on any atom is 0.421 e. The molecular formula is C20H22ClF3N6O4. The normalized spacial score (nSPS) is 17.3. The third-order valence-corrected chi connectivity index (χ3v) is 6.15. The monoisotopic (exact) mass is 502 g/mol. The molecule has 0 radical (unpaired) electrons. The van der Waals surface area contributed by atoms with Gasteiger partial charge < -0.3 is 19.7 Å². The molecule has 1 saturated heterocycles. The number of nitrogens with zero attached hydrogens (tertiary/aromatic N) is 5. The first-order valence-corrected chi connectivity index (χ1v) is 10.9. The molecule has 1 saturated carbocycles. The maximum atomic E-state index is 13.1. The lowest BCUT2D eigenvalue weighted by molar-refractivity contribution is -0.386. The second-order valence-corrected chi connectivity index (χ2v) is 8.74.